The zero-order chi connectivity index (χ0) is 21.8. The minimum absolute atomic E-state index is 0.0244. The summed E-state index contributed by atoms with van der Waals surface area (Å²) in [6, 6.07) is 7.28. The first-order valence-electron chi connectivity index (χ1n) is 10.7. The molecular weight excluding hydrogens is 401 g/mol. The van der Waals surface area contributed by atoms with Gasteiger partial charge in [0, 0.05) is 20.0 Å². The summed E-state index contributed by atoms with van der Waals surface area (Å²) >= 11 is 0. The second kappa shape index (κ2) is 9.36. The van der Waals surface area contributed by atoms with E-state index in [4.69, 9.17) is 9.47 Å². The molecule has 1 aromatic heterocycles. The first-order valence-corrected chi connectivity index (χ1v) is 10.7. The fourth-order valence-corrected chi connectivity index (χ4v) is 3.54. The van der Waals surface area contributed by atoms with Gasteiger partial charge in [-0.3, -0.25) is 0 Å². The Kier molecular flexibility index (Phi) is 6.39. The lowest BCUT2D eigenvalue weighted by Crippen LogP contribution is -2.34. The van der Waals surface area contributed by atoms with Crippen LogP contribution in [0.3, 0.4) is 0 Å². The van der Waals surface area contributed by atoms with Crippen molar-refractivity contribution in [2.75, 3.05) is 31.6 Å². The van der Waals surface area contributed by atoms with E-state index in [1.165, 1.54) is 6.33 Å². The molecular formula is C22H28FN5O3. The minimum Gasteiger partial charge on any atom is -0.489 e. The standard InChI is InChI=1S/C22H28FN5O3/c1-14(27-22(29)24-2)16-5-7-17(8-6-16)31-18-9-10-28(11-18)20-19(23)21(26-13-25-20)30-12-15-3-4-15/h5-8,13-15,18H,3-4,9-12H2,1-2H3,(H2,24,27,29)/t14-,18?/m0/s1. The fourth-order valence-electron chi connectivity index (χ4n) is 3.54. The summed E-state index contributed by atoms with van der Waals surface area (Å²) in [7, 11) is 1.58. The Morgan fingerprint density at radius 2 is 2.03 bits per heavy atom. The number of nitrogens with zero attached hydrogens (tertiary/aromatic N) is 3. The normalized spacial score (nSPS) is 19.1. The minimum atomic E-state index is -0.509. The number of aromatic nitrogens is 2. The van der Waals surface area contributed by atoms with Crippen molar-refractivity contribution in [3.63, 3.8) is 0 Å². The molecule has 2 amide bonds. The van der Waals surface area contributed by atoms with E-state index >= 15 is 0 Å². The molecule has 9 heteroatoms. The molecule has 0 bridgehead atoms. The van der Waals surface area contributed by atoms with Crippen molar-refractivity contribution in [1.29, 1.82) is 0 Å². The van der Waals surface area contributed by atoms with Crippen LogP contribution in [0, 0.1) is 11.7 Å². The molecule has 1 aliphatic heterocycles. The van der Waals surface area contributed by atoms with Crippen LogP contribution in [0.2, 0.25) is 0 Å². The van der Waals surface area contributed by atoms with Crippen LogP contribution in [-0.4, -0.2) is 48.8 Å². The molecule has 166 valence electrons. The Bertz CT molecular complexity index is 907. The Morgan fingerprint density at radius 1 is 1.26 bits per heavy atom. The van der Waals surface area contributed by atoms with Crippen molar-refractivity contribution < 1.29 is 18.7 Å². The molecule has 2 atom stereocenters. The molecule has 1 saturated heterocycles. The zero-order valence-electron chi connectivity index (χ0n) is 17.8. The largest absolute Gasteiger partial charge is 0.489 e. The van der Waals surface area contributed by atoms with Gasteiger partial charge in [0.15, 0.2) is 5.82 Å². The van der Waals surface area contributed by atoms with Crippen molar-refractivity contribution >= 4 is 11.8 Å². The van der Waals surface area contributed by atoms with Crippen LogP contribution >= 0.6 is 0 Å². The van der Waals surface area contributed by atoms with Crippen LogP contribution < -0.4 is 25.0 Å². The van der Waals surface area contributed by atoms with Gasteiger partial charge in [0.25, 0.3) is 5.88 Å². The first-order chi connectivity index (χ1) is 15.0. The average Bonchev–Trinajstić information content (AvgIpc) is 3.50. The number of anilines is 1. The molecule has 0 radical (unpaired) electrons. The molecule has 1 aromatic carbocycles. The maximum atomic E-state index is 14.8. The topological polar surface area (TPSA) is 88.6 Å². The molecule has 1 unspecified atom stereocenters. The van der Waals surface area contributed by atoms with Gasteiger partial charge in [-0.2, -0.15) is 9.37 Å². The zero-order valence-corrected chi connectivity index (χ0v) is 17.8. The number of hydrogen-bond donors (Lipinski definition) is 2. The van der Waals surface area contributed by atoms with E-state index in [1.807, 2.05) is 36.1 Å². The van der Waals surface area contributed by atoms with Crippen molar-refractivity contribution in [2.24, 2.45) is 5.92 Å². The second-order valence-corrected chi connectivity index (χ2v) is 8.06. The molecule has 1 aliphatic carbocycles. The van der Waals surface area contributed by atoms with Gasteiger partial charge >= 0.3 is 6.03 Å². The quantitative estimate of drug-likeness (QED) is 0.671. The predicted molar refractivity (Wildman–Crippen MR) is 114 cm³/mol. The van der Waals surface area contributed by atoms with E-state index in [0.717, 1.165) is 30.6 Å². The summed E-state index contributed by atoms with van der Waals surface area (Å²) in [6.45, 7) is 3.60. The number of carbonyl (C=O) groups is 1. The van der Waals surface area contributed by atoms with Gasteiger partial charge in [-0.25, -0.2) is 9.78 Å². The molecule has 8 nitrogen and oxygen atoms in total. The highest BCUT2D eigenvalue weighted by Gasteiger charge is 2.29. The van der Waals surface area contributed by atoms with Crippen LogP contribution in [0.4, 0.5) is 15.0 Å². The van der Waals surface area contributed by atoms with Gasteiger partial charge in [-0.05, 0) is 43.4 Å². The van der Waals surface area contributed by atoms with Crippen LogP contribution in [0.25, 0.3) is 0 Å². The lowest BCUT2D eigenvalue weighted by Gasteiger charge is -2.19. The smallest absolute Gasteiger partial charge is 0.315 e. The average molecular weight is 429 g/mol. The van der Waals surface area contributed by atoms with Crippen molar-refractivity contribution in [3.8, 4) is 11.6 Å². The third-order valence-electron chi connectivity index (χ3n) is 5.59. The van der Waals surface area contributed by atoms with Crippen LogP contribution in [0.15, 0.2) is 30.6 Å². The molecule has 0 spiro atoms. The summed E-state index contributed by atoms with van der Waals surface area (Å²) < 4.78 is 26.4. The second-order valence-electron chi connectivity index (χ2n) is 8.06. The number of halogens is 1. The van der Waals surface area contributed by atoms with Crippen LogP contribution in [-0.2, 0) is 0 Å². The monoisotopic (exact) mass is 429 g/mol. The van der Waals surface area contributed by atoms with E-state index in [1.54, 1.807) is 7.05 Å². The molecule has 31 heavy (non-hydrogen) atoms. The number of nitrogens with one attached hydrogen (secondary N) is 2. The Morgan fingerprint density at radius 3 is 2.74 bits per heavy atom. The molecule has 2 N–H and O–H groups in total. The van der Waals surface area contributed by atoms with Gasteiger partial charge in [-0.15, -0.1) is 0 Å². The van der Waals surface area contributed by atoms with Crippen molar-refractivity contribution in [3.05, 3.63) is 42.0 Å². The van der Waals surface area contributed by atoms with Crippen LogP contribution in [0.5, 0.6) is 11.6 Å². The SMILES string of the molecule is CNC(=O)N[C@@H](C)c1ccc(OC2CCN(c3ncnc(OCC4CC4)c3F)C2)cc1. The van der Waals surface area contributed by atoms with Gasteiger partial charge in [0.05, 0.1) is 19.2 Å². The third kappa shape index (κ3) is 5.34. The van der Waals surface area contributed by atoms with E-state index in [9.17, 15) is 9.18 Å². The van der Waals surface area contributed by atoms with Crippen molar-refractivity contribution in [1.82, 2.24) is 20.6 Å². The number of ether oxygens (including phenoxy) is 2. The highest BCUT2D eigenvalue weighted by atomic mass is 19.1. The van der Waals surface area contributed by atoms with Gasteiger partial charge in [0.1, 0.15) is 18.2 Å². The highest BCUT2D eigenvalue weighted by Crippen LogP contribution is 2.31. The summed E-state index contributed by atoms with van der Waals surface area (Å²) in [5.41, 5.74) is 0.978. The van der Waals surface area contributed by atoms with Crippen molar-refractivity contribution in [2.45, 2.75) is 38.3 Å². The van der Waals surface area contributed by atoms with Crippen LogP contribution in [0.1, 0.15) is 37.8 Å². The molecule has 4 rings (SSSR count). The van der Waals surface area contributed by atoms with Gasteiger partial charge in [-0.1, -0.05) is 12.1 Å². The predicted octanol–water partition coefficient (Wildman–Crippen LogP) is 3.05. The number of amides is 2. The molecule has 2 aromatic rings. The molecule has 1 saturated carbocycles. The Hall–Kier alpha value is -3.10. The number of urea groups is 1. The third-order valence-corrected chi connectivity index (χ3v) is 5.59. The lowest BCUT2D eigenvalue weighted by molar-refractivity contribution is 0.224. The van der Waals surface area contributed by atoms with E-state index in [0.29, 0.717) is 25.6 Å². The number of rotatable bonds is 8. The van der Waals surface area contributed by atoms with Gasteiger partial charge < -0.3 is 25.0 Å². The molecule has 2 fully saturated rings. The summed E-state index contributed by atoms with van der Waals surface area (Å²) in [5.74, 6) is 1.04. The van der Waals surface area contributed by atoms with E-state index < -0.39 is 5.82 Å². The van der Waals surface area contributed by atoms with E-state index in [2.05, 4.69) is 20.6 Å². The maximum absolute atomic E-state index is 14.8. The highest BCUT2D eigenvalue weighted by molar-refractivity contribution is 5.73. The number of hydrogen-bond acceptors (Lipinski definition) is 6. The number of benzene rings is 1. The first kappa shape index (κ1) is 21.1. The van der Waals surface area contributed by atoms with E-state index in [-0.39, 0.29) is 29.9 Å². The Balaban J connectivity index is 1.33. The maximum Gasteiger partial charge on any atom is 0.315 e. The fraction of sp³-hybridized carbons (Fsp3) is 0.500. The van der Waals surface area contributed by atoms with Gasteiger partial charge in [0.2, 0.25) is 5.82 Å². The summed E-state index contributed by atoms with van der Waals surface area (Å²) in [4.78, 5) is 21.4. The molecule has 2 aliphatic rings. The Labute approximate surface area is 181 Å². The summed E-state index contributed by atoms with van der Waals surface area (Å²) in [5, 5.41) is 5.38. The number of carbonyl (C=O) groups excluding carboxylic acids is 1. The molecule has 2 heterocycles. The summed E-state index contributed by atoms with van der Waals surface area (Å²) in [6.07, 6.45) is 4.31. The lowest BCUT2D eigenvalue weighted by atomic mass is 10.1.